The van der Waals surface area contributed by atoms with E-state index in [9.17, 15) is 9.59 Å². The zero-order valence-electron chi connectivity index (χ0n) is 9.10. The van der Waals surface area contributed by atoms with Gasteiger partial charge in [-0.1, -0.05) is 13.8 Å². The molecule has 0 heterocycles. The van der Waals surface area contributed by atoms with Gasteiger partial charge in [-0.3, -0.25) is 9.59 Å². The highest BCUT2D eigenvalue weighted by Crippen LogP contribution is 2.07. The van der Waals surface area contributed by atoms with Crippen LogP contribution in [0, 0.1) is 11.8 Å². The normalized spacial score (nSPS) is 14.5. The number of ether oxygens (including phenoxy) is 1. The Balaban J connectivity index is 3.85. The maximum Gasteiger partial charge on any atom is 0.308 e. The first-order valence-electron chi connectivity index (χ1n) is 5.06. The first kappa shape index (κ1) is 13.9. The third-order valence-corrected chi connectivity index (χ3v) is 2.32. The number of carbonyl (C=O) groups is 2. The third kappa shape index (κ3) is 5.37. The molecule has 0 unspecified atom stereocenters. The quantitative estimate of drug-likeness (QED) is 0.640. The molecule has 88 valence electrons. The molecule has 2 atom stereocenters. The van der Waals surface area contributed by atoms with Crippen molar-refractivity contribution in [2.45, 2.75) is 26.7 Å². The van der Waals surface area contributed by atoms with Gasteiger partial charge in [0.05, 0.1) is 25.0 Å². The van der Waals surface area contributed by atoms with E-state index in [2.05, 4.69) is 0 Å². The molecule has 0 aromatic rings. The summed E-state index contributed by atoms with van der Waals surface area (Å²) in [6, 6.07) is 0. The second-order valence-electron chi connectivity index (χ2n) is 3.42. The Morgan fingerprint density at radius 1 is 1.00 bits per heavy atom. The lowest BCUT2D eigenvalue weighted by atomic mass is 10.1. The fraction of sp³-hybridized carbons (Fsp3) is 0.800. The summed E-state index contributed by atoms with van der Waals surface area (Å²) in [5.74, 6) is -2.89. The zero-order valence-corrected chi connectivity index (χ0v) is 9.10. The molecule has 0 rings (SSSR count). The molecule has 2 N–H and O–H groups in total. The SMILES string of the molecule is CC[C@H](COC[C@H](CC)C(=O)O)C(=O)O. The number of carboxylic acids is 2. The van der Waals surface area contributed by atoms with Gasteiger partial charge in [-0.2, -0.15) is 0 Å². The molecular weight excluding hydrogens is 200 g/mol. The van der Waals surface area contributed by atoms with Crippen LogP contribution in [0.15, 0.2) is 0 Å². The van der Waals surface area contributed by atoms with Crippen molar-refractivity contribution in [2.24, 2.45) is 11.8 Å². The predicted octanol–water partition coefficient (Wildman–Crippen LogP) is 1.22. The van der Waals surface area contributed by atoms with Crippen molar-refractivity contribution in [3.8, 4) is 0 Å². The molecule has 0 spiro atoms. The van der Waals surface area contributed by atoms with Crippen LogP contribution in [0.4, 0.5) is 0 Å². The van der Waals surface area contributed by atoms with E-state index >= 15 is 0 Å². The van der Waals surface area contributed by atoms with Crippen molar-refractivity contribution in [3.05, 3.63) is 0 Å². The van der Waals surface area contributed by atoms with Crippen LogP contribution in [0.1, 0.15) is 26.7 Å². The van der Waals surface area contributed by atoms with Crippen LogP contribution in [-0.4, -0.2) is 35.4 Å². The maximum atomic E-state index is 10.6. The molecule has 0 radical (unpaired) electrons. The van der Waals surface area contributed by atoms with Gasteiger partial charge in [0.1, 0.15) is 0 Å². The smallest absolute Gasteiger partial charge is 0.308 e. The summed E-state index contributed by atoms with van der Waals surface area (Å²) >= 11 is 0. The molecule has 0 fully saturated rings. The number of hydrogen-bond acceptors (Lipinski definition) is 3. The van der Waals surface area contributed by atoms with E-state index in [1.54, 1.807) is 13.8 Å². The minimum Gasteiger partial charge on any atom is -0.481 e. The molecule has 0 bridgehead atoms. The number of carboxylic acid groups (broad SMARTS) is 2. The molecule has 5 nitrogen and oxygen atoms in total. The van der Waals surface area contributed by atoms with Crippen molar-refractivity contribution in [1.29, 1.82) is 0 Å². The Kier molecular flexibility index (Phi) is 6.70. The standard InChI is InChI=1S/C10H18O5/c1-3-7(9(11)12)5-15-6-8(4-2)10(13)14/h7-8H,3-6H2,1-2H3,(H,11,12)(H,13,14)/t7-,8+. The highest BCUT2D eigenvalue weighted by Gasteiger charge is 2.18. The highest BCUT2D eigenvalue weighted by atomic mass is 16.5. The number of rotatable bonds is 8. The van der Waals surface area contributed by atoms with Crippen molar-refractivity contribution >= 4 is 11.9 Å². The van der Waals surface area contributed by atoms with E-state index in [0.717, 1.165) is 0 Å². The molecule has 0 aromatic carbocycles. The van der Waals surface area contributed by atoms with Crippen LogP contribution >= 0.6 is 0 Å². The van der Waals surface area contributed by atoms with Crippen LogP contribution in [0.3, 0.4) is 0 Å². The number of aliphatic carboxylic acids is 2. The summed E-state index contributed by atoms with van der Waals surface area (Å²) < 4.78 is 5.10. The van der Waals surface area contributed by atoms with E-state index in [1.807, 2.05) is 0 Å². The van der Waals surface area contributed by atoms with Crippen molar-refractivity contribution in [1.82, 2.24) is 0 Å². The highest BCUT2D eigenvalue weighted by molar-refractivity contribution is 5.70. The number of hydrogen-bond donors (Lipinski definition) is 2. The Hall–Kier alpha value is -1.10. The first-order valence-corrected chi connectivity index (χ1v) is 5.06. The van der Waals surface area contributed by atoms with E-state index in [1.165, 1.54) is 0 Å². The second kappa shape index (κ2) is 7.23. The van der Waals surface area contributed by atoms with Crippen LogP contribution < -0.4 is 0 Å². The average Bonchev–Trinajstić information content (AvgIpc) is 2.17. The summed E-state index contributed by atoms with van der Waals surface area (Å²) in [4.78, 5) is 21.2. The molecule has 15 heavy (non-hydrogen) atoms. The third-order valence-electron chi connectivity index (χ3n) is 2.32. The largest absolute Gasteiger partial charge is 0.481 e. The van der Waals surface area contributed by atoms with Crippen LogP contribution in [0.25, 0.3) is 0 Å². The van der Waals surface area contributed by atoms with E-state index in [4.69, 9.17) is 14.9 Å². The van der Waals surface area contributed by atoms with Gasteiger partial charge in [0, 0.05) is 0 Å². The maximum absolute atomic E-state index is 10.6. The molecule has 0 aliphatic heterocycles. The van der Waals surface area contributed by atoms with Crippen molar-refractivity contribution < 1.29 is 24.5 Å². The first-order chi connectivity index (χ1) is 7.02. The molecule has 0 aliphatic carbocycles. The lowest BCUT2D eigenvalue weighted by Crippen LogP contribution is -2.24. The summed E-state index contributed by atoms with van der Waals surface area (Å²) in [5.41, 5.74) is 0. The fourth-order valence-corrected chi connectivity index (χ4v) is 1.08. The van der Waals surface area contributed by atoms with E-state index in [-0.39, 0.29) is 13.2 Å². The van der Waals surface area contributed by atoms with Gasteiger partial charge in [0.25, 0.3) is 0 Å². The van der Waals surface area contributed by atoms with Crippen molar-refractivity contribution in [2.75, 3.05) is 13.2 Å². The van der Waals surface area contributed by atoms with Gasteiger partial charge in [0.2, 0.25) is 0 Å². The summed E-state index contributed by atoms with van der Waals surface area (Å²) in [6.45, 7) is 3.68. The van der Waals surface area contributed by atoms with Gasteiger partial charge >= 0.3 is 11.9 Å². The van der Waals surface area contributed by atoms with Gasteiger partial charge in [-0.25, -0.2) is 0 Å². The van der Waals surface area contributed by atoms with Crippen molar-refractivity contribution in [3.63, 3.8) is 0 Å². The minimum atomic E-state index is -0.902. The summed E-state index contributed by atoms with van der Waals surface area (Å²) in [7, 11) is 0. The van der Waals surface area contributed by atoms with Gasteiger partial charge in [-0.15, -0.1) is 0 Å². The minimum absolute atomic E-state index is 0.0790. The molecule has 0 saturated heterocycles. The van der Waals surface area contributed by atoms with Crippen LogP contribution in [-0.2, 0) is 14.3 Å². The van der Waals surface area contributed by atoms with Crippen LogP contribution in [0.2, 0.25) is 0 Å². The van der Waals surface area contributed by atoms with Gasteiger partial charge < -0.3 is 14.9 Å². The molecule has 5 heteroatoms. The Bertz CT molecular complexity index is 192. The molecule has 0 amide bonds. The van der Waals surface area contributed by atoms with E-state index < -0.39 is 23.8 Å². The summed E-state index contributed by atoms with van der Waals surface area (Å²) in [5, 5.41) is 17.4. The Morgan fingerprint density at radius 3 is 1.53 bits per heavy atom. The lowest BCUT2D eigenvalue weighted by Gasteiger charge is -2.13. The van der Waals surface area contributed by atoms with E-state index in [0.29, 0.717) is 12.8 Å². The van der Waals surface area contributed by atoms with Crippen LogP contribution in [0.5, 0.6) is 0 Å². The molecular formula is C10H18O5. The Morgan fingerprint density at radius 2 is 1.33 bits per heavy atom. The topological polar surface area (TPSA) is 83.8 Å². The van der Waals surface area contributed by atoms with Gasteiger partial charge in [0.15, 0.2) is 0 Å². The Labute approximate surface area is 89.0 Å². The monoisotopic (exact) mass is 218 g/mol. The predicted molar refractivity (Wildman–Crippen MR) is 53.7 cm³/mol. The molecule has 0 aromatic heterocycles. The lowest BCUT2D eigenvalue weighted by molar-refractivity contribution is -0.146. The second-order valence-corrected chi connectivity index (χ2v) is 3.42. The molecule has 0 aliphatic rings. The van der Waals surface area contributed by atoms with Gasteiger partial charge in [-0.05, 0) is 12.8 Å². The zero-order chi connectivity index (χ0) is 11.8. The average molecular weight is 218 g/mol. The summed E-state index contributed by atoms with van der Waals surface area (Å²) in [6.07, 6.45) is 0.971. The molecule has 0 saturated carbocycles. The fourth-order valence-electron chi connectivity index (χ4n) is 1.08.